The van der Waals surface area contributed by atoms with Gasteiger partial charge in [-0.05, 0) is 48.7 Å². The first-order chi connectivity index (χ1) is 13.1. The normalized spacial score (nSPS) is 15.7. The Bertz CT molecular complexity index is 832. The van der Waals surface area contributed by atoms with Crippen LogP contribution in [0.5, 0.6) is 11.5 Å². The van der Waals surface area contributed by atoms with E-state index < -0.39 is 0 Å². The number of anilines is 1. The Morgan fingerprint density at radius 2 is 1.96 bits per heavy atom. The molecule has 1 aliphatic heterocycles. The summed E-state index contributed by atoms with van der Waals surface area (Å²) in [6, 6.07) is 14.5. The second kappa shape index (κ2) is 8.62. The minimum absolute atomic E-state index is 0.107. The van der Waals surface area contributed by atoms with E-state index in [1.165, 1.54) is 11.3 Å². The Labute approximate surface area is 160 Å². The summed E-state index contributed by atoms with van der Waals surface area (Å²) in [4.78, 5) is 14.5. The standard InChI is InChI=1S/C22H26N2O3/c1-16-14-18-6-4-5-7-19(18)24(16)13-12-23-22(25)11-9-17-8-10-20(26-2)21(15-17)27-3/h4-11,15-16H,12-14H2,1-3H3,(H,23,25)/b11-9+. The van der Waals surface area contributed by atoms with Gasteiger partial charge in [-0.3, -0.25) is 4.79 Å². The lowest BCUT2D eigenvalue weighted by atomic mass is 10.1. The zero-order valence-corrected chi connectivity index (χ0v) is 16.1. The maximum absolute atomic E-state index is 12.1. The lowest BCUT2D eigenvalue weighted by molar-refractivity contribution is -0.116. The highest BCUT2D eigenvalue weighted by molar-refractivity contribution is 5.91. The van der Waals surface area contributed by atoms with Crippen LogP contribution in [0.1, 0.15) is 18.1 Å². The van der Waals surface area contributed by atoms with Gasteiger partial charge in [-0.2, -0.15) is 0 Å². The van der Waals surface area contributed by atoms with E-state index in [1.807, 2.05) is 18.2 Å². The minimum atomic E-state index is -0.107. The summed E-state index contributed by atoms with van der Waals surface area (Å²) in [5.74, 6) is 1.20. The molecule has 3 rings (SSSR count). The molecule has 0 saturated heterocycles. The maximum atomic E-state index is 12.1. The quantitative estimate of drug-likeness (QED) is 0.764. The number of rotatable bonds is 7. The predicted molar refractivity (Wildman–Crippen MR) is 109 cm³/mol. The average Bonchev–Trinajstić information content (AvgIpc) is 3.01. The van der Waals surface area contributed by atoms with Crippen molar-refractivity contribution in [3.8, 4) is 11.5 Å². The van der Waals surface area contributed by atoms with Crippen LogP contribution in [0.25, 0.3) is 6.08 Å². The van der Waals surface area contributed by atoms with Gasteiger partial charge >= 0.3 is 0 Å². The van der Waals surface area contributed by atoms with Gasteiger partial charge < -0.3 is 19.7 Å². The summed E-state index contributed by atoms with van der Waals surface area (Å²) in [5.41, 5.74) is 3.54. The summed E-state index contributed by atoms with van der Waals surface area (Å²) in [6.07, 6.45) is 4.37. The molecular weight excluding hydrogens is 340 g/mol. The fourth-order valence-electron chi connectivity index (χ4n) is 3.46. The van der Waals surface area contributed by atoms with Gasteiger partial charge in [0.05, 0.1) is 14.2 Å². The van der Waals surface area contributed by atoms with Gasteiger partial charge in [0, 0.05) is 30.9 Å². The molecule has 1 aliphatic rings. The van der Waals surface area contributed by atoms with Gasteiger partial charge in [-0.25, -0.2) is 0 Å². The van der Waals surface area contributed by atoms with E-state index >= 15 is 0 Å². The molecule has 1 N–H and O–H groups in total. The fraction of sp³-hybridized carbons (Fsp3) is 0.318. The van der Waals surface area contributed by atoms with Crippen LogP contribution in [0.4, 0.5) is 5.69 Å². The molecule has 1 atom stereocenters. The molecule has 1 heterocycles. The van der Waals surface area contributed by atoms with E-state index in [-0.39, 0.29) is 5.91 Å². The molecule has 2 aromatic carbocycles. The van der Waals surface area contributed by atoms with Gasteiger partial charge in [0.1, 0.15) is 0 Å². The first kappa shape index (κ1) is 18.8. The number of hydrogen-bond donors (Lipinski definition) is 1. The fourth-order valence-corrected chi connectivity index (χ4v) is 3.46. The van der Waals surface area contributed by atoms with Crippen molar-refractivity contribution >= 4 is 17.7 Å². The van der Waals surface area contributed by atoms with Crippen LogP contribution in [0.15, 0.2) is 48.5 Å². The molecule has 1 amide bonds. The lowest BCUT2D eigenvalue weighted by Gasteiger charge is -2.24. The van der Waals surface area contributed by atoms with E-state index in [4.69, 9.17) is 9.47 Å². The van der Waals surface area contributed by atoms with Crippen LogP contribution >= 0.6 is 0 Å². The molecule has 0 saturated carbocycles. The number of hydrogen-bond acceptors (Lipinski definition) is 4. The third kappa shape index (κ3) is 4.42. The molecule has 5 heteroatoms. The van der Waals surface area contributed by atoms with E-state index in [2.05, 4.69) is 41.4 Å². The van der Waals surface area contributed by atoms with Gasteiger partial charge in [0.15, 0.2) is 11.5 Å². The number of nitrogens with zero attached hydrogens (tertiary/aromatic N) is 1. The summed E-state index contributed by atoms with van der Waals surface area (Å²) < 4.78 is 10.5. The van der Waals surface area contributed by atoms with Crippen molar-refractivity contribution in [3.63, 3.8) is 0 Å². The van der Waals surface area contributed by atoms with Crippen LogP contribution in [0.2, 0.25) is 0 Å². The van der Waals surface area contributed by atoms with Crippen molar-refractivity contribution in [2.45, 2.75) is 19.4 Å². The SMILES string of the molecule is COc1ccc(/C=C/C(=O)NCCN2c3ccccc3CC2C)cc1OC. The molecule has 5 nitrogen and oxygen atoms in total. The van der Waals surface area contributed by atoms with Crippen LogP contribution < -0.4 is 19.7 Å². The summed E-state index contributed by atoms with van der Waals surface area (Å²) in [7, 11) is 3.19. The van der Waals surface area contributed by atoms with E-state index in [0.29, 0.717) is 24.1 Å². The van der Waals surface area contributed by atoms with E-state index in [9.17, 15) is 4.79 Å². The van der Waals surface area contributed by atoms with Gasteiger partial charge in [0.25, 0.3) is 0 Å². The molecule has 0 bridgehead atoms. The Morgan fingerprint density at radius 1 is 1.19 bits per heavy atom. The zero-order chi connectivity index (χ0) is 19.2. The third-order valence-electron chi connectivity index (χ3n) is 4.84. The van der Waals surface area contributed by atoms with E-state index in [1.54, 1.807) is 26.4 Å². The molecule has 142 valence electrons. The summed E-state index contributed by atoms with van der Waals surface area (Å²) in [5, 5.41) is 2.96. The van der Waals surface area contributed by atoms with Crippen molar-refractivity contribution in [2.24, 2.45) is 0 Å². The number of methoxy groups -OCH3 is 2. The Morgan fingerprint density at radius 3 is 2.74 bits per heavy atom. The summed E-state index contributed by atoms with van der Waals surface area (Å²) >= 11 is 0. The third-order valence-corrected chi connectivity index (χ3v) is 4.84. The average molecular weight is 366 g/mol. The molecule has 0 aromatic heterocycles. The highest BCUT2D eigenvalue weighted by Gasteiger charge is 2.24. The van der Waals surface area contributed by atoms with Crippen molar-refractivity contribution in [2.75, 3.05) is 32.2 Å². The number of amides is 1. The Kier molecular flexibility index (Phi) is 6.01. The van der Waals surface area contributed by atoms with Gasteiger partial charge in [0.2, 0.25) is 5.91 Å². The molecule has 0 fully saturated rings. The first-order valence-corrected chi connectivity index (χ1v) is 9.15. The first-order valence-electron chi connectivity index (χ1n) is 9.15. The molecule has 1 unspecified atom stereocenters. The van der Waals surface area contributed by atoms with Crippen LogP contribution in [-0.4, -0.2) is 39.3 Å². The van der Waals surface area contributed by atoms with Crippen LogP contribution in [-0.2, 0) is 11.2 Å². The Balaban J connectivity index is 1.52. The van der Waals surface area contributed by atoms with Crippen LogP contribution in [0.3, 0.4) is 0 Å². The van der Waals surface area contributed by atoms with Crippen molar-refractivity contribution in [1.82, 2.24) is 5.32 Å². The Hall–Kier alpha value is -2.95. The largest absolute Gasteiger partial charge is 0.493 e. The highest BCUT2D eigenvalue weighted by atomic mass is 16.5. The molecule has 0 radical (unpaired) electrons. The molecule has 27 heavy (non-hydrogen) atoms. The number of benzene rings is 2. The predicted octanol–water partition coefficient (Wildman–Crippen LogP) is 3.28. The molecule has 0 spiro atoms. The monoisotopic (exact) mass is 366 g/mol. The lowest BCUT2D eigenvalue weighted by Crippen LogP contribution is -2.37. The molecular formula is C22H26N2O3. The highest BCUT2D eigenvalue weighted by Crippen LogP contribution is 2.31. The number of fused-ring (bicyclic) bond motifs is 1. The van der Waals surface area contributed by atoms with Crippen molar-refractivity contribution in [1.29, 1.82) is 0 Å². The van der Waals surface area contributed by atoms with Gasteiger partial charge in [-0.1, -0.05) is 24.3 Å². The second-order valence-corrected chi connectivity index (χ2v) is 6.61. The number of carbonyl (C=O) groups excluding carboxylic acids is 1. The molecule has 0 aliphatic carbocycles. The smallest absolute Gasteiger partial charge is 0.244 e. The number of carbonyl (C=O) groups is 1. The van der Waals surface area contributed by atoms with Crippen molar-refractivity contribution in [3.05, 3.63) is 59.7 Å². The van der Waals surface area contributed by atoms with Gasteiger partial charge in [-0.15, -0.1) is 0 Å². The van der Waals surface area contributed by atoms with Crippen molar-refractivity contribution < 1.29 is 14.3 Å². The zero-order valence-electron chi connectivity index (χ0n) is 16.1. The number of nitrogens with one attached hydrogen (secondary N) is 1. The summed E-state index contributed by atoms with van der Waals surface area (Å²) in [6.45, 7) is 3.63. The maximum Gasteiger partial charge on any atom is 0.244 e. The minimum Gasteiger partial charge on any atom is -0.493 e. The number of ether oxygens (including phenoxy) is 2. The topological polar surface area (TPSA) is 50.8 Å². The number of para-hydroxylation sites is 1. The van der Waals surface area contributed by atoms with E-state index in [0.717, 1.165) is 18.5 Å². The second-order valence-electron chi connectivity index (χ2n) is 6.61. The van der Waals surface area contributed by atoms with Crippen LogP contribution in [0, 0.1) is 0 Å². The molecule has 2 aromatic rings.